The van der Waals surface area contributed by atoms with Gasteiger partial charge in [0.25, 0.3) is 0 Å². The molecule has 1 aliphatic rings. The lowest BCUT2D eigenvalue weighted by molar-refractivity contribution is -0.150. The van der Waals surface area contributed by atoms with E-state index in [1.807, 2.05) is 11.8 Å². The molecule has 1 fully saturated rings. The third-order valence-electron chi connectivity index (χ3n) is 3.31. The number of carbonyl (C=O) groups excluding carboxylic acids is 1. The van der Waals surface area contributed by atoms with E-state index in [1.54, 1.807) is 0 Å². The van der Waals surface area contributed by atoms with Crippen molar-refractivity contribution < 1.29 is 9.53 Å². The number of rotatable bonds is 5. The van der Waals surface area contributed by atoms with Gasteiger partial charge in [0.1, 0.15) is 5.54 Å². The summed E-state index contributed by atoms with van der Waals surface area (Å²) < 4.78 is 5.04. The summed E-state index contributed by atoms with van der Waals surface area (Å²) in [5, 5.41) is 4.63. The number of methoxy groups -OCH3 is 1. The van der Waals surface area contributed by atoms with Gasteiger partial charge < -0.3 is 4.74 Å². The van der Waals surface area contributed by atoms with E-state index >= 15 is 0 Å². The Bertz CT molecular complexity index is 281. The summed E-state index contributed by atoms with van der Waals surface area (Å²) in [5.74, 6) is -0.0924. The maximum Gasteiger partial charge on any atom is 0.326 e. The fourth-order valence-electron chi connectivity index (χ4n) is 2.85. The van der Waals surface area contributed by atoms with Gasteiger partial charge in [-0.25, -0.2) is 0 Å². The number of carbonyl (C=O) groups is 1. The molecular formula is C14H27NO2S. The highest BCUT2D eigenvalue weighted by Gasteiger charge is 2.44. The summed E-state index contributed by atoms with van der Waals surface area (Å²) in [5.41, 5.74) is -0.465. The van der Waals surface area contributed by atoms with Crippen LogP contribution in [-0.2, 0) is 9.53 Å². The zero-order chi connectivity index (χ0) is 13.8. The number of nitrogens with one attached hydrogen (secondary N) is 1. The number of hydrogen-bond acceptors (Lipinski definition) is 4. The van der Waals surface area contributed by atoms with E-state index in [1.165, 1.54) is 13.5 Å². The monoisotopic (exact) mass is 273 g/mol. The van der Waals surface area contributed by atoms with E-state index in [-0.39, 0.29) is 5.97 Å². The van der Waals surface area contributed by atoms with E-state index in [2.05, 4.69) is 33.0 Å². The summed E-state index contributed by atoms with van der Waals surface area (Å²) in [7, 11) is 1.49. The molecule has 0 aliphatic heterocycles. The zero-order valence-corrected chi connectivity index (χ0v) is 13.1. The molecule has 1 aliphatic carbocycles. The number of hydrogen-bond donors (Lipinski definition) is 1. The first-order valence-electron chi connectivity index (χ1n) is 6.91. The van der Waals surface area contributed by atoms with Gasteiger partial charge >= 0.3 is 5.97 Å². The second-order valence-electron chi connectivity index (χ2n) is 5.78. The van der Waals surface area contributed by atoms with Crippen molar-refractivity contribution in [1.82, 2.24) is 5.32 Å². The highest BCUT2D eigenvalue weighted by atomic mass is 32.2. The SMILES string of the molecule is COC(=O)C1(NC(C)C)CCCC(SC(C)C)C1. The van der Waals surface area contributed by atoms with Gasteiger partial charge in [-0.15, -0.1) is 0 Å². The largest absolute Gasteiger partial charge is 0.468 e. The predicted octanol–water partition coefficient (Wildman–Crippen LogP) is 2.98. The van der Waals surface area contributed by atoms with Crippen LogP contribution in [0.25, 0.3) is 0 Å². The highest BCUT2D eigenvalue weighted by Crippen LogP contribution is 2.37. The van der Waals surface area contributed by atoms with Crippen molar-refractivity contribution in [3.8, 4) is 0 Å². The quantitative estimate of drug-likeness (QED) is 0.782. The topological polar surface area (TPSA) is 38.3 Å². The normalized spacial score (nSPS) is 28.7. The summed E-state index contributed by atoms with van der Waals surface area (Å²) in [6.07, 6.45) is 4.09. The minimum Gasteiger partial charge on any atom is -0.468 e. The fourth-order valence-corrected chi connectivity index (χ4v) is 4.30. The maximum absolute atomic E-state index is 12.2. The van der Waals surface area contributed by atoms with Crippen molar-refractivity contribution in [3.05, 3.63) is 0 Å². The highest BCUT2D eigenvalue weighted by molar-refractivity contribution is 8.00. The van der Waals surface area contributed by atoms with Gasteiger partial charge in [-0.05, 0) is 44.8 Å². The lowest BCUT2D eigenvalue weighted by Crippen LogP contribution is -2.58. The van der Waals surface area contributed by atoms with Gasteiger partial charge in [0.2, 0.25) is 0 Å². The zero-order valence-electron chi connectivity index (χ0n) is 12.3. The Morgan fingerprint density at radius 2 is 2.06 bits per heavy atom. The molecule has 0 bridgehead atoms. The van der Waals surface area contributed by atoms with Crippen LogP contribution >= 0.6 is 11.8 Å². The van der Waals surface area contributed by atoms with Crippen molar-refractivity contribution in [3.63, 3.8) is 0 Å². The van der Waals surface area contributed by atoms with Crippen LogP contribution in [0.15, 0.2) is 0 Å². The van der Waals surface area contributed by atoms with Crippen molar-refractivity contribution >= 4 is 17.7 Å². The first-order chi connectivity index (χ1) is 8.39. The van der Waals surface area contributed by atoms with Crippen LogP contribution in [0.3, 0.4) is 0 Å². The molecule has 0 radical (unpaired) electrons. The van der Waals surface area contributed by atoms with E-state index in [9.17, 15) is 4.79 Å². The number of thioether (sulfide) groups is 1. The van der Waals surface area contributed by atoms with Gasteiger partial charge in [0, 0.05) is 11.3 Å². The standard InChI is InChI=1S/C14H27NO2S/c1-10(2)15-14(13(16)17-5)8-6-7-12(9-14)18-11(3)4/h10-12,15H,6-9H2,1-5H3. The molecule has 3 nitrogen and oxygen atoms in total. The molecule has 0 amide bonds. The third-order valence-corrected chi connectivity index (χ3v) is 4.64. The minimum atomic E-state index is -0.465. The van der Waals surface area contributed by atoms with Crippen LogP contribution in [0.2, 0.25) is 0 Å². The predicted molar refractivity (Wildman–Crippen MR) is 78.0 cm³/mol. The van der Waals surface area contributed by atoms with Crippen molar-refractivity contribution in [2.24, 2.45) is 0 Å². The summed E-state index contributed by atoms with van der Waals surface area (Å²) in [6.45, 7) is 8.61. The molecule has 0 heterocycles. The van der Waals surface area contributed by atoms with Crippen LogP contribution < -0.4 is 5.32 Å². The summed E-state index contributed by atoms with van der Waals surface area (Å²) in [4.78, 5) is 12.2. The van der Waals surface area contributed by atoms with Crippen LogP contribution in [-0.4, -0.2) is 35.2 Å². The third kappa shape index (κ3) is 4.16. The van der Waals surface area contributed by atoms with Crippen molar-refractivity contribution in [2.75, 3.05) is 7.11 Å². The summed E-state index contributed by atoms with van der Waals surface area (Å²) in [6, 6.07) is 0.298. The molecule has 0 aromatic carbocycles. The Hall–Kier alpha value is -0.220. The van der Waals surface area contributed by atoms with Crippen LogP contribution in [0.4, 0.5) is 0 Å². The van der Waals surface area contributed by atoms with Gasteiger partial charge in [-0.2, -0.15) is 11.8 Å². The van der Waals surface area contributed by atoms with Gasteiger partial charge in [0.15, 0.2) is 0 Å². The second kappa shape index (κ2) is 6.80. The van der Waals surface area contributed by atoms with Gasteiger partial charge in [-0.3, -0.25) is 10.1 Å². The smallest absolute Gasteiger partial charge is 0.326 e. The van der Waals surface area contributed by atoms with E-state index < -0.39 is 5.54 Å². The molecule has 2 unspecified atom stereocenters. The van der Waals surface area contributed by atoms with Gasteiger partial charge in [0.05, 0.1) is 7.11 Å². The molecule has 1 rings (SSSR count). The van der Waals surface area contributed by atoms with E-state index in [0.717, 1.165) is 19.3 Å². The molecule has 1 saturated carbocycles. The van der Waals surface area contributed by atoms with Crippen LogP contribution in [0, 0.1) is 0 Å². The summed E-state index contributed by atoms with van der Waals surface area (Å²) >= 11 is 1.98. The maximum atomic E-state index is 12.2. The fraction of sp³-hybridized carbons (Fsp3) is 0.929. The average molecular weight is 273 g/mol. The Kier molecular flexibility index (Phi) is 5.99. The lowest BCUT2D eigenvalue weighted by Gasteiger charge is -2.40. The Morgan fingerprint density at radius 3 is 2.56 bits per heavy atom. The van der Waals surface area contributed by atoms with Crippen molar-refractivity contribution in [1.29, 1.82) is 0 Å². The molecule has 4 heteroatoms. The first-order valence-corrected chi connectivity index (χ1v) is 7.85. The van der Waals surface area contributed by atoms with Crippen molar-refractivity contribution in [2.45, 2.75) is 75.5 Å². The van der Waals surface area contributed by atoms with E-state index in [0.29, 0.717) is 16.5 Å². The average Bonchev–Trinajstić information content (AvgIpc) is 2.26. The molecule has 0 saturated heterocycles. The number of ether oxygens (including phenoxy) is 1. The number of esters is 1. The van der Waals surface area contributed by atoms with Gasteiger partial charge in [-0.1, -0.05) is 13.8 Å². The first kappa shape index (κ1) is 15.8. The Morgan fingerprint density at radius 1 is 1.39 bits per heavy atom. The van der Waals surface area contributed by atoms with Crippen LogP contribution in [0.5, 0.6) is 0 Å². The molecular weight excluding hydrogens is 246 g/mol. The Labute approximate surface area is 115 Å². The molecule has 18 heavy (non-hydrogen) atoms. The molecule has 0 aromatic rings. The molecule has 0 spiro atoms. The molecule has 2 atom stereocenters. The minimum absolute atomic E-state index is 0.0924. The molecule has 106 valence electrons. The molecule has 0 aromatic heterocycles. The second-order valence-corrected chi connectivity index (χ2v) is 7.66. The molecule has 1 N–H and O–H groups in total. The van der Waals surface area contributed by atoms with E-state index in [4.69, 9.17) is 4.74 Å². The Balaban J connectivity index is 2.79. The lowest BCUT2D eigenvalue weighted by atomic mass is 9.81. The van der Waals surface area contributed by atoms with Crippen LogP contribution in [0.1, 0.15) is 53.4 Å².